The van der Waals surface area contributed by atoms with E-state index in [0.717, 1.165) is 40.0 Å². The number of thioether (sulfide) groups is 1. The number of amides is 2. The molecule has 8 nitrogen and oxygen atoms in total. The molecule has 2 amide bonds. The van der Waals surface area contributed by atoms with Crippen molar-refractivity contribution in [2.24, 2.45) is 0 Å². The van der Waals surface area contributed by atoms with Crippen LogP contribution in [0.5, 0.6) is 0 Å². The van der Waals surface area contributed by atoms with Gasteiger partial charge in [0.2, 0.25) is 17.0 Å². The maximum Gasteiger partial charge on any atom is 0.417 e. The summed E-state index contributed by atoms with van der Waals surface area (Å²) in [4.78, 5) is 25.8. The van der Waals surface area contributed by atoms with Gasteiger partial charge in [0.1, 0.15) is 0 Å². The lowest BCUT2D eigenvalue weighted by molar-refractivity contribution is -0.137. The zero-order valence-electron chi connectivity index (χ0n) is 17.4. The molecule has 0 bridgehead atoms. The number of benzene rings is 2. The Hall–Kier alpha value is -3.12. The van der Waals surface area contributed by atoms with Crippen LogP contribution < -0.4 is 5.32 Å². The van der Waals surface area contributed by atoms with Gasteiger partial charge in [-0.15, -0.1) is 5.10 Å². The van der Waals surface area contributed by atoms with Crippen LogP contribution in [0.1, 0.15) is 11.1 Å². The first-order valence-electron chi connectivity index (χ1n) is 9.44. The average molecular weight is 499 g/mol. The van der Waals surface area contributed by atoms with Gasteiger partial charge in [0, 0.05) is 12.7 Å². The largest absolute Gasteiger partial charge is 0.417 e. The minimum atomic E-state index is -4.66. The van der Waals surface area contributed by atoms with Gasteiger partial charge in [-0.1, -0.05) is 41.6 Å². The zero-order chi connectivity index (χ0) is 24.2. The lowest BCUT2D eigenvalue weighted by atomic mass is 10.2. The van der Waals surface area contributed by atoms with Crippen molar-refractivity contribution in [1.82, 2.24) is 25.1 Å². The molecule has 0 saturated carbocycles. The molecule has 0 aliphatic rings. The standard InChI is InChI=1S/C20H18ClF3N6O2S/c1-12-5-3-4-6-16(12)30-19(26-27-28-30)33-11-18(32)29(2)10-17(31)25-13-7-8-15(21)14(9-13)20(22,23)24/h3-9H,10-11H2,1-2H3,(H,25,31). The van der Waals surface area contributed by atoms with E-state index in [1.165, 1.54) is 17.8 Å². The molecule has 0 unspecified atom stereocenters. The van der Waals surface area contributed by atoms with Crippen LogP contribution in [-0.4, -0.2) is 56.3 Å². The second-order valence-electron chi connectivity index (χ2n) is 6.94. The van der Waals surface area contributed by atoms with Crippen molar-refractivity contribution in [2.45, 2.75) is 18.3 Å². The van der Waals surface area contributed by atoms with Crippen LogP contribution >= 0.6 is 23.4 Å². The van der Waals surface area contributed by atoms with E-state index in [0.29, 0.717) is 5.16 Å². The third-order valence-electron chi connectivity index (χ3n) is 4.47. The lowest BCUT2D eigenvalue weighted by Gasteiger charge is -2.17. The summed E-state index contributed by atoms with van der Waals surface area (Å²) in [6.07, 6.45) is -4.66. The highest BCUT2D eigenvalue weighted by molar-refractivity contribution is 7.99. The fourth-order valence-electron chi connectivity index (χ4n) is 2.78. The van der Waals surface area contributed by atoms with Crippen LogP contribution in [0.2, 0.25) is 5.02 Å². The SMILES string of the molecule is Cc1ccccc1-n1nnnc1SCC(=O)N(C)CC(=O)Nc1ccc(Cl)c(C(F)(F)F)c1. The number of aryl methyl sites for hydroxylation is 1. The summed E-state index contributed by atoms with van der Waals surface area (Å²) in [6, 6.07) is 10.5. The van der Waals surface area contributed by atoms with Gasteiger partial charge in [0.05, 0.1) is 28.6 Å². The van der Waals surface area contributed by atoms with Crippen molar-refractivity contribution in [2.75, 3.05) is 24.7 Å². The molecule has 1 aromatic heterocycles. The molecule has 0 fully saturated rings. The Balaban J connectivity index is 1.57. The van der Waals surface area contributed by atoms with E-state index in [1.807, 2.05) is 31.2 Å². The molecular weight excluding hydrogens is 481 g/mol. The zero-order valence-corrected chi connectivity index (χ0v) is 19.0. The molecule has 3 aromatic rings. The highest BCUT2D eigenvalue weighted by Crippen LogP contribution is 2.36. The van der Waals surface area contributed by atoms with E-state index in [1.54, 1.807) is 0 Å². The summed E-state index contributed by atoms with van der Waals surface area (Å²) in [6.45, 7) is 1.55. The van der Waals surface area contributed by atoms with Crippen molar-refractivity contribution in [3.8, 4) is 5.69 Å². The first-order valence-corrected chi connectivity index (χ1v) is 10.8. The molecule has 2 aromatic carbocycles. The van der Waals surface area contributed by atoms with Crippen molar-refractivity contribution < 1.29 is 22.8 Å². The second kappa shape index (κ2) is 10.2. The summed E-state index contributed by atoms with van der Waals surface area (Å²) in [7, 11) is 1.41. The molecule has 0 aliphatic heterocycles. The third kappa shape index (κ3) is 6.23. The highest BCUT2D eigenvalue weighted by Gasteiger charge is 2.33. The summed E-state index contributed by atoms with van der Waals surface area (Å²) in [5.74, 6) is -1.09. The first kappa shape index (κ1) is 24.5. The van der Waals surface area contributed by atoms with Gasteiger partial charge in [-0.2, -0.15) is 17.9 Å². The Kier molecular flexibility index (Phi) is 7.59. The van der Waals surface area contributed by atoms with Gasteiger partial charge >= 0.3 is 6.18 Å². The van der Waals surface area contributed by atoms with Crippen molar-refractivity contribution in [3.63, 3.8) is 0 Å². The first-order chi connectivity index (χ1) is 15.6. The Morgan fingerprint density at radius 1 is 1.21 bits per heavy atom. The van der Waals surface area contributed by atoms with Gasteiger partial charge in [-0.3, -0.25) is 9.59 Å². The topological polar surface area (TPSA) is 93.0 Å². The normalized spacial score (nSPS) is 11.3. The number of hydrogen-bond acceptors (Lipinski definition) is 6. The predicted octanol–water partition coefficient (Wildman–Crippen LogP) is 3.83. The number of likely N-dealkylation sites (N-methyl/N-ethyl adjacent to an activating group) is 1. The van der Waals surface area contributed by atoms with Gasteiger partial charge in [-0.05, 0) is 47.2 Å². The van der Waals surface area contributed by atoms with Crippen LogP contribution in [-0.2, 0) is 15.8 Å². The summed E-state index contributed by atoms with van der Waals surface area (Å²) in [5, 5.41) is 13.8. The van der Waals surface area contributed by atoms with E-state index < -0.39 is 22.7 Å². The minimum Gasteiger partial charge on any atom is -0.336 e. The molecular formula is C20H18ClF3N6O2S. The molecule has 0 saturated heterocycles. The molecule has 0 atom stereocenters. The van der Waals surface area contributed by atoms with Gasteiger partial charge in [0.15, 0.2) is 0 Å². The Morgan fingerprint density at radius 2 is 1.94 bits per heavy atom. The number of anilines is 1. The molecule has 33 heavy (non-hydrogen) atoms. The Morgan fingerprint density at radius 3 is 2.64 bits per heavy atom. The maximum absolute atomic E-state index is 13.0. The monoisotopic (exact) mass is 498 g/mol. The van der Waals surface area contributed by atoms with Crippen molar-refractivity contribution in [3.05, 3.63) is 58.6 Å². The highest BCUT2D eigenvalue weighted by atomic mass is 35.5. The Labute approximate surface area is 196 Å². The number of para-hydroxylation sites is 1. The predicted molar refractivity (Wildman–Crippen MR) is 117 cm³/mol. The van der Waals surface area contributed by atoms with E-state index >= 15 is 0 Å². The molecule has 0 radical (unpaired) electrons. The number of nitrogens with one attached hydrogen (secondary N) is 1. The minimum absolute atomic E-state index is 0.0464. The number of carbonyl (C=O) groups is 2. The number of halogens is 4. The fraction of sp³-hybridized carbons (Fsp3) is 0.250. The lowest BCUT2D eigenvalue weighted by Crippen LogP contribution is -2.36. The summed E-state index contributed by atoms with van der Waals surface area (Å²) < 4.78 is 40.4. The molecule has 1 heterocycles. The van der Waals surface area contributed by atoms with Crippen LogP contribution in [0, 0.1) is 6.92 Å². The van der Waals surface area contributed by atoms with Crippen molar-refractivity contribution in [1.29, 1.82) is 0 Å². The van der Waals surface area contributed by atoms with Crippen LogP contribution in [0.25, 0.3) is 5.69 Å². The van der Waals surface area contributed by atoms with Gasteiger partial charge < -0.3 is 10.2 Å². The molecule has 174 valence electrons. The third-order valence-corrected chi connectivity index (χ3v) is 5.70. The smallest absolute Gasteiger partial charge is 0.336 e. The number of hydrogen-bond donors (Lipinski definition) is 1. The molecule has 0 spiro atoms. The Bertz CT molecular complexity index is 1170. The van der Waals surface area contributed by atoms with Crippen molar-refractivity contribution >= 4 is 40.9 Å². The molecule has 13 heteroatoms. The average Bonchev–Trinajstić information content (AvgIpc) is 3.21. The van der Waals surface area contributed by atoms with Gasteiger partial charge in [0.25, 0.3) is 0 Å². The van der Waals surface area contributed by atoms with Crippen LogP contribution in [0.4, 0.5) is 18.9 Å². The number of nitrogens with zero attached hydrogens (tertiary/aromatic N) is 5. The number of aromatic nitrogens is 4. The van der Waals surface area contributed by atoms with Gasteiger partial charge in [-0.25, -0.2) is 0 Å². The van der Waals surface area contributed by atoms with Crippen LogP contribution in [0.3, 0.4) is 0 Å². The van der Waals surface area contributed by atoms with E-state index in [4.69, 9.17) is 11.6 Å². The summed E-state index contributed by atoms with van der Waals surface area (Å²) in [5.41, 5.74) is 0.576. The molecule has 3 rings (SSSR count). The molecule has 1 N–H and O–H groups in total. The molecule has 0 aliphatic carbocycles. The number of alkyl halides is 3. The number of carbonyl (C=O) groups excluding carboxylic acids is 2. The van der Waals surface area contributed by atoms with E-state index in [-0.39, 0.29) is 23.9 Å². The van der Waals surface area contributed by atoms with Crippen LogP contribution in [0.15, 0.2) is 47.6 Å². The quantitative estimate of drug-likeness (QED) is 0.498. The fourth-order valence-corrected chi connectivity index (χ4v) is 3.83. The second-order valence-corrected chi connectivity index (χ2v) is 8.29. The summed E-state index contributed by atoms with van der Waals surface area (Å²) >= 11 is 6.67. The number of tetrazole rings is 1. The maximum atomic E-state index is 13.0. The van der Waals surface area contributed by atoms with E-state index in [9.17, 15) is 22.8 Å². The van der Waals surface area contributed by atoms with E-state index in [2.05, 4.69) is 20.8 Å². The number of rotatable bonds is 7.